The lowest BCUT2D eigenvalue weighted by Gasteiger charge is -2.15. The Hall–Kier alpha value is -2.94. The van der Waals surface area contributed by atoms with E-state index >= 15 is 0 Å². The fourth-order valence-electron chi connectivity index (χ4n) is 3.30. The zero-order valence-electron chi connectivity index (χ0n) is 14.9. The van der Waals surface area contributed by atoms with Crippen LogP contribution < -0.4 is 0 Å². The standard InChI is InChI=1S/C22H22O3/c1-12-6-5-7-18(23)21(12)17-9-14(3)22(20(25)11-17)16-8-13(2)15(4)19(24)10-16/h5-11,23-25H,1-4H3. The molecule has 0 aliphatic heterocycles. The number of phenols is 3. The van der Waals surface area contributed by atoms with Crippen LogP contribution in [0.15, 0.2) is 42.5 Å². The van der Waals surface area contributed by atoms with Crippen LogP contribution in [0, 0.1) is 27.7 Å². The monoisotopic (exact) mass is 334 g/mol. The normalized spacial score (nSPS) is 10.9. The SMILES string of the molecule is Cc1cc(-c2c(C)cc(-c3c(C)cccc3O)cc2O)cc(O)c1C. The molecule has 3 rings (SSSR count). The van der Waals surface area contributed by atoms with Crippen molar-refractivity contribution in [3.63, 3.8) is 0 Å². The van der Waals surface area contributed by atoms with Crippen molar-refractivity contribution in [2.75, 3.05) is 0 Å². The third-order valence-corrected chi connectivity index (χ3v) is 4.78. The largest absolute Gasteiger partial charge is 0.508 e. The molecule has 0 radical (unpaired) electrons. The second-order valence-corrected chi connectivity index (χ2v) is 6.59. The first-order valence-corrected chi connectivity index (χ1v) is 8.22. The molecule has 0 heterocycles. The highest BCUT2D eigenvalue weighted by Crippen LogP contribution is 2.41. The summed E-state index contributed by atoms with van der Waals surface area (Å²) in [7, 11) is 0. The van der Waals surface area contributed by atoms with Crippen LogP contribution in [0.25, 0.3) is 22.3 Å². The van der Waals surface area contributed by atoms with Crippen molar-refractivity contribution in [3.8, 4) is 39.5 Å². The summed E-state index contributed by atoms with van der Waals surface area (Å²) in [5.41, 5.74) is 6.57. The quantitative estimate of drug-likeness (QED) is 0.590. The van der Waals surface area contributed by atoms with Crippen LogP contribution in [0.5, 0.6) is 17.2 Å². The zero-order valence-corrected chi connectivity index (χ0v) is 14.9. The molecule has 0 fully saturated rings. The topological polar surface area (TPSA) is 60.7 Å². The Morgan fingerprint density at radius 2 is 1.12 bits per heavy atom. The van der Waals surface area contributed by atoms with Gasteiger partial charge in [-0.2, -0.15) is 0 Å². The zero-order chi connectivity index (χ0) is 18.3. The molecule has 3 aromatic rings. The van der Waals surface area contributed by atoms with E-state index in [0.717, 1.165) is 38.9 Å². The Kier molecular flexibility index (Phi) is 4.17. The van der Waals surface area contributed by atoms with Gasteiger partial charge in [-0.3, -0.25) is 0 Å². The molecule has 3 heteroatoms. The smallest absolute Gasteiger partial charge is 0.124 e. The maximum atomic E-state index is 10.7. The number of aromatic hydroxyl groups is 3. The molecule has 3 nitrogen and oxygen atoms in total. The maximum Gasteiger partial charge on any atom is 0.124 e. The van der Waals surface area contributed by atoms with Crippen molar-refractivity contribution in [1.82, 2.24) is 0 Å². The minimum Gasteiger partial charge on any atom is -0.508 e. The lowest BCUT2D eigenvalue weighted by Crippen LogP contribution is -1.91. The van der Waals surface area contributed by atoms with Crippen LogP contribution in [0.4, 0.5) is 0 Å². The lowest BCUT2D eigenvalue weighted by atomic mass is 9.91. The van der Waals surface area contributed by atoms with Gasteiger partial charge in [0.05, 0.1) is 0 Å². The Morgan fingerprint density at radius 3 is 1.68 bits per heavy atom. The van der Waals surface area contributed by atoms with E-state index in [1.54, 1.807) is 24.3 Å². The number of rotatable bonds is 2. The minimum atomic E-state index is 0.125. The van der Waals surface area contributed by atoms with Crippen molar-refractivity contribution >= 4 is 0 Å². The van der Waals surface area contributed by atoms with Gasteiger partial charge in [-0.1, -0.05) is 24.3 Å². The Labute approximate surface area is 147 Å². The van der Waals surface area contributed by atoms with E-state index in [-0.39, 0.29) is 17.2 Å². The molecule has 0 bridgehead atoms. The van der Waals surface area contributed by atoms with Gasteiger partial charge >= 0.3 is 0 Å². The van der Waals surface area contributed by atoms with E-state index in [2.05, 4.69) is 0 Å². The predicted octanol–water partition coefficient (Wildman–Crippen LogP) is 5.37. The Bertz CT molecular complexity index is 905. The number of aryl methyl sites for hydroxylation is 3. The van der Waals surface area contributed by atoms with Crippen LogP contribution in [-0.4, -0.2) is 15.3 Å². The van der Waals surface area contributed by atoms with Gasteiger partial charge < -0.3 is 15.3 Å². The third-order valence-electron chi connectivity index (χ3n) is 4.78. The molecule has 0 amide bonds. The molecule has 0 aliphatic rings. The molecular formula is C22H22O3. The summed E-state index contributed by atoms with van der Waals surface area (Å²) in [6.07, 6.45) is 0. The molecule has 0 unspecified atom stereocenters. The van der Waals surface area contributed by atoms with Gasteiger partial charge in [0.1, 0.15) is 17.2 Å². The van der Waals surface area contributed by atoms with E-state index in [1.165, 1.54) is 0 Å². The highest BCUT2D eigenvalue weighted by atomic mass is 16.3. The molecule has 0 saturated carbocycles. The van der Waals surface area contributed by atoms with Crippen LogP contribution in [0.3, 0.4) is 0 Å². The molecule has 0 aliphatic carbocycles. The van der Waals surface area contributed by atoms with Crippen LogP contribution >= 0.6 is 0 Å². The fraction of sp³-hybridized carbons (Fsp3) is 0.182. The number of hydrogen-bond acceptors (Lipinski definition) is 3. The van der Waals surface area contributed by atoms with Gasteiger partial charge in [-0.25, -0.2) is 0 Å². The van der Waals surface area contributed by atoms with E-state index in [4.69, 9.17) is 0 Å². The highest BCUT2D eigenvalue weighted by molar-refractivity contribution is 5.82. The summed E-state index contributed by atoms with van der Waals surface area (Å²) in [5, 5.41) is 31.0. The molecule has 0 spiro atoms. The first-order chi connectivity index (χ1) is 11.8. The average molecular weight is 334 g/mol. The minimum absolute atomic E-state index is 0.125. The number of hydrogen-bond donors (Lipinski definition) is 3. The van der Waals surface area contributed by atoms with E-state index in [1.807, 2.05) is 45.9 Å². The maximum absolute atomic E-state index is 10.7. The van der Waals surface area contributed by atoms with E-state index < -0.39 is 0 Å². The van der Waals surface area contributed by atoms with Gasteiger partial charge in [0, 0.05) is 11.1 Å². The summed E-state index contributed by atoms with van der Waals surface area (Å²) in [6.45, 7) is 7.65. The van der Waals surface area contributed by atoms with Gasteiger partial charge in [0.15, 0.2) is 0 Å². The molecule has 3 aromatic carbocycles. The van der Waals surface area contributed by atoms with Crippen molar-refractivity contribution in [2.45, 2.75) is 27.7 Å². The molecule has 0 aromatic heterocycles. The number of phenolic OH excluding ortho intramolecular Hbond substituents is 3. The van der Waals surface area contributed by atoms with Crippen molar-refractivity contribution in [3.05, 3.63) is 64.7 Å². The first kappa shape index (κ1) is 16.9. The molecule has 128 valence electrons. The van der Waals surface area contributed by atoms with E-state index in [0.29, 0.717) is 5.56 Å². The van der Waals surface area contributed by atoms with Crippen LogP contribution in [0.1, 0.15) is 22.3 Å². The van der Waals surface area contributed by atoms with Gasteiger partial charge in [0.2, 0.25) is 0 Å². The van der Waals surface area contributed by atoms with Crippen molar-refractivity contribution in [2.24, 2.45) is 0 Å². The van der Waals surface area contributed by atoms with Crippen molar-refractivity contribution < 1.29 is 15.3 Å². The molecular weight excluding hydrogens is 312 g/mol. The second-order valence-electron chi connectivity index (χ2n) is 6.59. The Balaban J connectivity index is 2.20. The molecule has 3 N–H and O–H groups in total. The third kappa shape index (κ3) is 2.93. The summed E-state index contributed by atoms with van der Waals surface area (Å²) < 4.78 is 0. The fourth-order valence-corrected chi connectivity index (χ4v) is 3.30. The van der Waals surface area contributed by atoms with E-state index in [9.17, 15) is 15.3 Å². The summed E-state index contributed by atoms with van der Waals surface area (Å²) in [4.78, 5) is 0. The van der Waals surface area contributed by atoms with Gasteiger partial charge in [0.25, 0.3) is 0 Å². The average Bonchev–Trinajstić information content (AvgIpc) is 2.51. The van der Waals surface area contributed by atoms with Gasteiger partial charge in [-0.15, -0.1) is 0 Å². The summed E-state index contributed by atoms with van der Waals surface area (Å²) in [6, 6.07) is 12.6. The van der Waals surface area contributed by atoms with Crippen LogP contribution in [0.2, 0.25) is 0 Å². The predicted molar refractivity (Wildman–Crippen MR) is 101 cm³/mol. The first-order valence-electron chi connectivity index (χ1n) is 8.22. The summed E-state index contributed by atoms with van der Waals surface area (Å²) in [5.74, 6) is 0.533. The molecule has 0 atom stereocenters. The van der Waals surface area contributed by atoms with Crippen LogP contribution in [-0.2, 0) is 0 Å². The molecule has 25 heavy (non-hydrogen) atoms. The summed E-state index contributed by atoms with van der Waals surface area (Å²) >= 11 is 0. The highest BCUT2D eigenvalue weighted by Gasteiger charge is 2.15. The van der Waals surface area contributed by atoms with Gasteiger partial charge in [-0.05, 0) is 79.3 Å². The molecule has 0 saturated heterocycles. The Morgan fingerprint density at radius 1 is 0.560 bits per heavy atom. The number of benzene rings is 3. The second kappa shape index (κ2) is 6.17. The lowest BCUT2D eigenvalue weighted by molar-refractivity contribution is 0.470. The van der Waals surface area contributed by atoms with Crippen molar-refractivity contribution in [1.29, 1.82) is 0 Å².